The molecular formula is C17H19NO6. The van der Waals surface area contributed by atoms with Crippen molar-refractivity contribution in [1.29, 1.82) is 0 Å². The first kappa shape index (κ1) is 17.5. The lowest BCUT2D eigenvalue weighted by molar-refractivity contribution is -0.157. The Morgan fingerprint density at radius 2 is 1.62 bits per heavy atom. The van der Waals surface area contributed by atoms with E-state index in [1.165, 1.54) is 6.92 Å². The zero-order chi connectivity index (χ0) is 17.7. The summed E-state index contributed by atoms with van der Waals surface area (Å²) in [4.78, 5) is 39.0. The fourth-order valence-corrected chi connectivity index (χ4v) is 2.38. The van der Waals surface area contributed by atoms with Gasteiger partial charge in [-0.2, -0.15) is 0 Å². The first-order chi connectivity index (χ1) is 11.5. The first-order valence-corrected chi connectivity index (χ1v) is 7.61. The Balaban J connectivity index is 2.61. The van der Waals surface area contributed by atoms with E-state index in [2.05, 4.69) is 4.98 Å². The van der Waals surface area contributed by atoms with Gasteiger partial charge in [0.2, 0.25) is 0 Å². The number of hydrogen-bond donors (Lipinski definition) is 1. The summed E-state index contributed by atoms with van der Waals surface area (Å²) in [7, 11) is 0. The quantitative estimate of drug-likeness (QED) is 0.644. The highest BCUT2D eigenvalue weighted by Crippen LogP contribution is 2.36. The van der Waals surface area contributed by atoms with Crippen molar-refractivity contribution in [2.75, 3.05) is 13.2 Å². The second-order valence-electron chi connectivity index (χ2n) is 4.94. The zero-order valence-corrected chi connectivity index (χ0v) is 13.8. The van der Waals surface area contributed by atoms with Crippen molar-refractivity contribution >= 4 is 28.8 Å². The third-order valence-corrected chi connectivity index (χ3v) is 3.26. The van der Waals surface area contributed by atoms with Crippen LogP contribution in [0.2, 0.25) is 0 Å². The smallest absolute Gasteiger partial charge is 0.326 e. The summed E-state index contributed by atoms with van der Waals surface area (Å²) >= 11 is 0. The van der Waals surface area contributed by atoms with Crippen molar-refractivity contribution in [2.24, 2.45) is 0 Å². The van der Waals surface area contributed by atoms with Gasteiger partial charge in [-0.15, -0.1) is 0 Å². The molecule has 2 rings (SSSR count). The van der Waals surface area contributed by atoms with Gasteiger partial charge in [-0.25, -0.2) is 0 Å². The van der Waals surface area contributed by atoms with Crippen LogP contribution in [0, 0.1) is 0 Å². The lowest BCUT2D eigenvalue weighted by Gasteiger charge is -2.14. The maximum absolute atomic E-state index is 12.3. The minimum Gasteiger partial charge on any atom is -0.465 e. The molecule has 0 fully saturated rings. The van der Waals surface area contributed by atoms with E-state index in [0.29, 0.717) is 10.9 Å². The molecule has 0 aliphatic rings. The largest absolute Gasteiger partial charge is 0.465 e. The van der Waals surface area contributed by atoms with E-state index < -0.39 is 23.8 Å². The molecule has 7 nitrogen and oxygen atoms in total. The topological polar surface area (TPSA) is 94.7 Å². The van der Waals surface area contributed by atoms with E-state index in [4.69, 9.17) is 14.2 Å². The Hall–Kier alpha value is -2.83. The Labute approximate surface area is 138 Å². The van der Waals surface area contributed by atoms with Crippen molar-refractivity contribution in [3.63, 3.8) is 0 Å². The van der Waals surface area contributed by atoms with Crippen molar-refractivity contribution in [3.8, 4) is 5.75 Å². The maximum atomic E-state index is 12.3. The zero-order valence-electron chi connectivity index (χ0n) is 13.8. The second kappa shape index (κ2) is 7.63. The third-order valence-electron chi connectivity index (χ3n) is 3.26. The molecule has 2 aromatic rings. The predicted octanol–water partition coefficient (Wildman–Crippen LogP) is 2.30. The summed E-state index contributed by atoms with van der Waals surface area (Å²) in [6.45, 7) is 4.74. The van der Waals surface area contributed by atoms with Gasteiger partial charge < -0.3 is 19.2 Å². The van der Waals surface area contributed by atoms with E-state index in [-0.39, 0.29) is 24.7 Å². The molecule has 0 unspecified atom stereocenters. The molecule has 0 aliphatic heterocycles. The van der Waals surface area contributed by atoms with Crippen LogP contribution in [-0.4, -0.2) is 36.1 Å². The van der Waals surface area contributed by atoms with Crippen molar-refractivity contribution in [2.45, 2.75) is 26.7 Å². The Morgan fingerprint density at radius 1 is 1.04 bits per heavy atom. The van der Waals surface area contributed by atoms with Crippen LogP contribution < -0.4 is 4.74 Å². The molecular weight excluding hydrogens is 314 g/mol. The predicted molar refractivity (Wildman–Crippen MR) is 85.6 cm³/mol. The normalized spacial score (nSPS) is 10.7. The van der Waals surface area contributed by atoms with Crippen LogP contribution in [0.5, 0.6) is 5.75 Å². The lowest BCUT2D eigenvalue weighted by Crippen LogP contribution is -2.27. The van der Waals surface area contributed by atoms with Crippen LogP contribution in [-0.2, 0) is 23.9 Å². The van der Waals surface area contributed by atoms with Gasteiger partial charge in [0.25, 0.3) is 0 Å². The number of carbonyl (C=O) groups excluding carboxylic acids is 3. The lowest BCUT2D eigenvalue weighted by atomic mass is 10.0. The van der Waals surface area contributed by atoms with Gasteiger partial charge in [-0.05, 0) is 26.0 Å². The molecule has 0 bridgehead atoms. The van der Waals surface area contributed by atoms with E-state index in [0.717, 1.165) is 0 Å². The van der Waals surface area contributed by atoms with E-state index >= 15 is 0 Å². The fourth-order valence-electron chi connectivity index (χ4n) is 2.38. The summed E-state index contributed by atoms with van der Waals surface area (Å²) in [5.41, 5.74) is 0.769. The number of ether oxygens (including phenoxy) is 3. The van der Waals surface area contributed by atoms with Crippen molar-refractivity contribution in [3.05, 3.63) is 30.0 Å². The first-order valence-electron chi connectivity index (χ1n) is 7.61. The molecule has 7 heteroatoms. The van der Waals surface area contributed by atoms with Gasteiger partial charge in [0.15, 0.2) is 11.7 Å². The molecule has 1 N–H and O–H groups in total. The van der Waals surface area contributed by atoms with Crippen LogP contribution >= 0.6 is 0 Å². The Morgan fingerprint density at radius 3 is 2.17 bits per heavy atom. The average Bonchev–Trinajstić information content (AvgIpc) is 2.86. The molecule has 128 valence electrons. The average molecular weight is 333 g/mol. The number of aromatic nitrogens is 1. The summed E-state index contributed by atoms with van der Waals surface area (Å²) < 4.78 is 15.2. The number of esters is 3. The van der Waals surface area contributed by atoms with Gasteiger partial charge >= 0.3 is 17.9 Å². The number of benzene rings is 1. The van der Waals surface area contributed by atoms with Gasteiger partial charge in [0.1, 0.15) is 0 Å². The van der Waals surface area contributed by atoms with Crippen LogP contribution in [0.4, 0.5) is 0 Å². The van der Waals surface area contributed by atoms with Gasteiger partial charge in [-0.3, -0.25) is 14.4 Å². The number of hydrogen-bond acceptors (Lipinski definition) is 6. The number of para-hydroxylation sites is 1. The SMILES string of the molecule is CCOC(=O)C(C(=O)OCC)c1[nH]c2ccccc2c1OC(C)=O. The van der Waals surface area contributed by atoms with E-state index in [1.807, 2.05) is 0 Å². The minimum absolute atomic E-state index is 0.109. The van der Waals surface area contributed by atoms with Crippen LogP contribution in [0.3, 0.4) is 0 Å². The monoisotopic (exact) mass is 333 g/mol. The molecule has 0 saturated carbocycles. The summed E-state index contributed by atoms with van der Waals surface area (Å²) in [6.07, 6.45) is 0. The van der Waals surface area contributed by atoms with Gasteiger partial charge in [0, 0.05) is 17.8 Å². The molecule has 0 atom stereocenters. The molecule has 1 aromatic heterocycles. The van der Waals surface area contributed by atoms with Crippen LogP contribution in [0.15, 0.2) is 24.3 Å². The Bertz CT molecular complexity index is 746. The molecule has 24 heavy (non-hydrogen) atoms. The van der Waals surface area contributed by atoms with E-state index in [1.54, 1.807) is 38.1 Å². The van der Waals surface area contributed by atoms with Crippen LogP contribution in [0.25, 0.3) is 10.9 Å². The number of carbonyl (C=O) groups is 3. The summed E-state index contributed by atoms with van der Waals surface area (Å²) in [5.74, 6) is -3.32. The highest BCUT2D eigenvalue weighted by molar-refractivity contribution is 6.03. The standard InChI is InChI=1S/C17H19NO6/c1-4-22-16(20)13(17(21)23-5-2)14-15(24-10(3)19)11-8-6-7-9-12(11)18-14/h6-9,13,18H,4-5H2,1-3H3. The van der Waals surface area contributed by atoms with Gasteiger partial charge in [0.05, 0.1) is 18.9 Å². The molecule has 0 saturated heterocycles. The van der Waals surface area contributed by atoms with E-state index in [9.17, 15) is 14.4 Å². The summed E-state index contributed by atoms with van der Waals surface area (Å²) in [6, 6.07) is 7.01. The Kier molecular flexibility index (Phi) is 5.57. The summed E-state index contributed by atoms with van der Waals surface area (Å²) in [5, 5.41) is 0.585. The number of rotatable bonds is 6. The highest BCUT2D eigenvalue weighted by atomic mass is 16.6. The third kappa shape index (κ3) is 3.56. The fraction of sp³-hybridized carbons (Fsp3) is 0.353. The van der Waals surface area contributed by atoms with Crippen molar-refractivity contribution in [1.82, 2.24) is 4.98 Å². The van der Waals surface area contributed by atoms with Crippen LogP contribution in [0.1, 0.15) is 32.4 Å². The number of aromatic amines is 1. The number of H-pyrrole nitrogens is 1. The molecule has 0 radical (unpaired) electrons. The molecule has 0 aliphatic carbocycles. The van der Waals surface area contributed by atoms with Gasteiger partial charge in [-0.1, -0.05) is 12.1 Å². The molecule has 0 spiro atoms. The molecule has 1 aromatic carbocycles. The maximum Gasteiger partial charge on any atom is 0.326 e. The number of nitrogens with one attached hydrogen (secondary N) is 1. The number of fused-ring (bicyclic) bond motifs is 1. The molecule has 0 amide bonds. The minimum atomic E-state index is -1.35. The second-order valence-corrected chi connectivity index (χ2v) is 4.94. The molecule has 1 heterocycles. The highest BCUT2D eigenvalue weighted by Gasteiger charge is 2.36. The van der Waals surface area contributed by atoms with Crippen molar-refractivity contribution < 1.29 is 28.6 Å².